The van der Waals surface area contributed by atoms with Crippen molar-refractivity contribution in [2.75, 3.05) is 0 Å². The molecule has 104 valence electrons. The summed E-state index contributed by atoms with van der Waals surface area (Å²) in [5.41, 5.74) is 3.46. The number of hydrogen-bond acceptors (Lipinski definition) is 3. The van der Waals surface area contributed by atoms with Crippen LogP contribution in [-0.4, -0.2) is 25.2 Å². The molecule has 0 saturated heterocycles. The minimum Gasteiger partial charge on any atom is -0.358 e. The summed E-state index contributed by atoms with van der Waals surface area (Å²) in [4.78, 5) is 3.45. The number of nitrogens with zero attached hydrogens (tertiary/aromatic N) is 4. The molecule has 3 aromatic rings. The van der Waals surface area contributed by atoms with Crippen LogP contribution in [0.25, 0.3) is 10.9 Å². The Kier molecular flexibility index (Phi) is 3.44. The molecule has 2 heterocycles. The minimum absolute atomic E-state index is 0.478. The summed E-state index contributed by atoms with van der Waals surface area (Å²) in [6, 6.07) is 6.30. The molecule has 0 radical (unpaired) electrons. The molecule has 3 rings (SSSR count). The molecule has 20 heavy (non-hydrogen) atoms. The van der Waals surface area contributed by atoms with Crippen LogP contribution >= 0.6 is 11.6 Å². The van der Waals surface area contributed by atoms with Gasteiger partial charge in [0.25, 0.3) is 0 Å². The molecule has 2 aromatic heterocycles. The molecule has 0 aliphatic carbocycles. The van der Waals surface area contributed by atoms with Gasteiger partial charge in [-0.2, -0.15) is 0 Å². The third-order valence-electron chi connectivity index (χ3n) is 3.43. The molecule has 0 bridgehead atoms. The van der Waals surface area contributed by atoms with Gasteiger partial charge < -0.3 is 4.98 Å². The third kappa shape index (κ3) is 2.54. The van der Waals surface area contributed by atoms with Crippen LogP contribution < -0.4 is 0 Å². The molecule has 0 unspecified atom stereocenters. The van der Waals surface area contributed by atoms with Crippen LogP contribution in [0.5, 0.6) is 0 Å². The number of aromatic amines is 1. The normalized spacial score (nSPS) is 11.6. The highest BCUT2D eigenvalue weighted by atomic mass is 35.5. The molecule has 0 aliphatic rings. The molecule has 1 N–H and O–H groups in total. The number of nitrogens with one attached hydrogen (secondary N) is 1. The van der Waals surface area contributed by atoms with Crippen LogP contribution in [0.4, 0.5) is 0 Å². The molecule has 0 spiro atoms. The molecule has 0 atom stereocenters. The van der Waals surface area contributed by atoms with Crippen molar-refractivity contribution in [1.29, 1.82) is 0 Å². The number of rotatable bonds is 4. The summed E-state index contributed by atoms with van der Waals surface area (Å²) < 4.78 is 1.70. The van der Waals surface area contributed by atoms with Crippen molar-refractivity contribution < 1.29 is 0 Å². The maximum atomic E-state index is 6.36. The molecule has 0 fully saturated rings. The van der Waals surface area contributed by atoms with Crippen molar-refractivity contribution in [1.82, 2.24) is 25.2 Å². The number of aryl methyl sites for hydroxylation is 2. The van der Waals surface area contributed by atoms with E-state index in [0.717, 1.165) is 34.5 Å². The van der Waals surface area contributed by atoms with E-state index in [1.165, 1.54) is 5.69 Å². The van der Waals surface area contributed by atoms with Gasteiger partial charge in [-0.15, -0.1) is 5.10 Å². The second kappa shape index (κ2) is 5.25. The lowest BCUT2D eigenvalue weighted by atomic mass is 10.1. The van der Waals surface area contributed by atoms with Gasteiger partial charge in [-0.05, 0) is 46.5 Å². The van der Waals surface area contributed by atoms with E-state index in [1.807, 2.05) is 6.07 Å². The van der Waals surface area contributed by atoms with Crippen molar-refractivity contribution >= 4 is 22.5 Å². The average molecular weight is 290 g/mol. The number of benzene rings is 1. The topological polar surface area (TPSA) is 59.4 Å². The fourth-order valence-corrected chi connectivity index (χ4v) is 2.51. The average Bonchev–Trinajstić information content (AvgIpc) is 3.04. The monoisotopic (exact) mass is 289 g/mol. The SMILES string of the molecule is CC(C)c1cc2cc(Cl)c(CCn3cnnn3)cc2[nH]1. The van der Waals surface area contributed by atoms with Gasteiger partial charge in [0.15, 0.2) is 0 Å². The van der Waals surface area contributed by atoms with E-state index in [1.54, 1.807) is 11.0 Å². The zero-order valence-electron chi connectivity index (χ0n) is 11.5. The Labute approximate surface area is 121 Å². The van der Waals surface area contributed by atoms with Crippen LogP contribution in [0, 0.1) is 0 Å². The van der Waals surface area contributed by atoms with Crippen molar-refractivity contribution in [2.45, 2.75) is 32.7 Å². The maximum absolute atomic E-state index is 6.36. The first kappa shape index (κ1) is 13.1. The summed E-state index contributed by atoms with van der Waals surface area (Å²) in [6.07, 6.45) is 2.41. The fraction of sp³-hybridized carbons (Fsp3) is 0.357. The first-order chi connectivity index (χ1) is 9.63. The first-order valence-electron chi connectivity index (χ1n) is 6.65. The number of fused-ring (bicyclic) bond motifs is 1. The lowest BCUT2D eigenvalue weighted by Gasteiger charge is -2.04. The Hall–Kier alpha value is -1.88. The molecule has 6 heteroatoms. The number of aromatic nitrogens is 5. The number of H-pyrrole nitrogens is 1. The van der Waals surface area contributed by atoms with E-state index in [4.69, 9.17) is 11.6 Å². The van der Waals surface area contributed by atoms with Gasteiger partial charge in [-0.25, -0.2) is 4.68 Å². The lowest BCUT2D eigenvalue weighted by Crippen LogP contribution is -2.02. The summed E-state index contributed by atoms with van der Waals surface area (Å²) in [5, 5.41) is 13.0. The van der Waals surface area contributed by atoms with Crippen LogP contribution in [-0.2, 0) is 13.0 Å². The van der Waals surface area contributed by atoms with Gasteiger partial charge in [0.2, 0.25) is 0 Å². The predicted octanol–water partition coefficient (Wildman–Crippen LogP) is 3.17. The lowest BCUT2D eigenvalue weighted by molar-refractivity contribution is 0.589. The highest BCUT2D eigenvalue weighted by molar-refractivity contribution is 6.32. The first-order valence-corrected chi connectivity index (χ1v) is 7.03. The molecule has 0 saturated carbocycles. The standard InChI is InChI=1S/C14H16ClN5/c1-9(2)13-7-11-5-12(15)10(6-14(11)17-13)3-4-20-8-16-18-19-20/h5-9,17H,3-4H2,1-2H3. The largest absolute Gasteiger partial charge is 0.358 e. The second-order valence-corrected chi connectivity index (χ2v) is 5.64. The van der Waals surface area contributed by atoms with E-state index in [9.17, 15) is 0 Å². The van der Waals surface area contributed by atoms with Crippen molar-refractivity contribution in [3.63, 3.8) is 0 Å². The fourth-order valence-electron chi connectivity index (χ4n) is 2.24. The Morgan fingerprint density at radius 3 is 2.85 bits per heavy atom. The van der Waals surface area contributed by atoms with E-state index < -0.39 is 0 Å². The van der Waals surface area contributed by atoms with Crippen molar-refractivity contribution in [2.24, 2.45) is 0 Å². The van der Waals surface area contributed by atoms with Crippen LogP contribution in [0.2, 0.25) is 5.02 Å². The Bertz CT molecular complexity index is 715. The van der Waals surface area contributed by atoms with Crippen LogP contribution in [0.1, 0.15) is 31.0 Å². The highest BCUT2D eigenvalue weighted by Crippen LogP contribution is 2.27. The molecule has 0 aliphatic heterocycles. The van der Waals surface area contributed by atoms with Gasteiger partial charge in [0, 0.05) is 28.2 Å². The van der Waals surface area contributed by atoms with Gasteiger partial charge in [-0.1, -0.05) is 25.4 Å². The second-order valence-electron chi connectivity index (χ2n) is 5.23. The Morgan fingerprint density at radius 1 is 1.30 bits per heavy atom. The summed E-state index contributed by atoms with van der Waals surface area (Å²) in [5.74, 6) is 0.478. The van der Waals surface area contributed by atoms with E-state index in [0.29, 0.717) is 5.92 Å². The van der Waals surface area contributed by atoms with Crippen molar-refractivity contribution in [3.8, 4) is 0 Å². The quantitative estimate of drug-likeness (QED) is 0.802. The van der Waals surface area contributed by atoms with Crippen LogP contribution in [0.15, 0.2) is 24.5 Å². The smallest absolute Gasteiger partial charge is 0.138 e. The Morgan fingerprint density at radius 2 is 2.15 bits per heavy atom. The molecular formula is C14H16ClN5. The van der Waals surface area contributed by atoms with E-state index in [-0.39, 0.29) is 0 Å². The molecular weight excluding hydrogens is 274 g/mol. The van der Waals surface area contributed by atoms with Gasteiger partial charge >= 0.3 is 0 Å². The highest BCUT2D eigenvalue weighted by Gasteiger charge is 2.08. The Balaban J connectivity index is 1.88. The molecule has 5 nitrogen and oxygen atoms in total. The predicted molar refractivity (Wildman–Crippen MR) is 78.9 cm³/mol. The minimum atomic E-state index is 0.478. The van der Waals surface area contributed by atoms with Crippen molar-refractivity contribution in [3.05, 3.63) is 40.8 Å². The van der Waals surface area contributed by atoms with Gasteiger partial charge in [0.1, 0.15) is 6.33 Å². The van der Waals surface area contributed by atoms with Crippen LogP contribution in [0.3, 0.4) is 0 Å². The maximum Gasteiger partial charge on any atom is 0.138 e. The molecule has 0 amide bonds. The third-order valence-corrected chi connectivity index (χ3v) is 3.78. The zero-order chi connectivity index (χ0) is 14.1. The van der Waals surface area contributed by atoms with Gasteiger partial charge in [-0.3, -0.25) is 0 Å². The van der Waals surface area contributed by atoms with Gasteiger partial charge in [0.05, 0.1) is 0 Å². The molecule has 1 aromatic carbocycles. The number of halogens is 1. The number of hydrogen-bond donors (Lipinski definition) is 1. The zero-order valence-corrected chi connectivity index (χ0v) is 12.2. The number of tetrazole rings is 1. The summed E-state index contributed by atoms with van der Waals surface area (Å²) in [7, 11) is 0. The van der Waals surface area contributed by atoms with E-state index >= 15 is 0 Å². The summed E-state index contributed by atoms with van der Waals surface area (Å²) >= 11 is 6.36. The van der Waals surface area contributed by atoms with E-state index in [2.05, 4.69) is 46.5 Å². The summed E-state index contributed by atoms with van der Waals surface area (Å²) in [6.45, 7) is 5.06.